The van der Waals surface area contributed by atoms with Crippen molar-refractivity contribution in [2.45, 2.75) is 45.7 Å². The molecule has 5 rings (SSSR count). The number of amides is 1. The number of benzene rings is 1. The number of aryl methyl sites for hydroxylation is 1. The molecule has 0 fully saturated rings. The van der Waals surface area contributed by atoms with Crippen LogP contribution in [0.1, 0.15) is 48.4 Å². The predicted molar refractivity (Wildman–Crippen MR) is 106 cm³/mol. The maximum atomic E-state index is 13.2. The lowest BCUT2D eigenvalue weighted by molar-refractivity contribution is -0.123. The van der Waals surface area contributed by atoms with Gasteiger partial charge in [0, 0.05) is 23.1 Å². The zero-order valence-corrected chi connectivity index (χ0v) is 15.9. The van der Waals surface area contributed by atoms with Crippen molar-refractivity contribution in [1.29, 1.82) is 0 Å². The summed E-state index contributed by atoms with van der Waals surface area (Å²) in [7, 11) is 0. The Morgan fingerprint density at radius 3 is 2.79 bits per heavy atom. The number of aromatic nitrogens is 2. The topological polar surface area (TPSA) is 84.2 Å². The average Bonchev–Trinajstić information content (AvgIpc) is 3.05. The summed E-state index contributed by atoms with van der Waals surface area (Å²) >= 11 is 0. The lowest BCUT2D eigenvalue weighted by atomic mass is 9.88. The molecule has 0 bridgehead atoms. The van der Waals surface area contributed by atoms with Crippen molar-refractivity contribution in [3.63, 3.8) is 0 Å². The minimum Gasteiger partial charge on any atom is -0.508 e. The van der Waals surface area contributed by atoms with Gasteiger partial charge in [0.15, 0.2) is 0 Å². The summed E-state index contributed by atoms with van der Waals surface area (Å²) in [4.78, 5) is 30.4. The standard InChI is InChI=1S/C22H21N3O3/c1-3-12-15-7-11(26)5-6-18(15)24-20-17(12)10-25-19(20)8-14-13(4-2)21(27)23-9-16(14)22(25)28/h5-8,13,26H,3-4,9-10H2,1-2H3,(H,23,27)/t13-/m1/s1. The largest absolute Gasteiger partial charge is 0.508 e. The van der Waals surface area contributed by atoms with E-state index in [9.17, 15) is 14.7 Å². The van der Waals surface area contributed by atoms with Gasteiger partial charge in [-0.05, 0) is 48.2 Å². The molecule has 0 saturated heterocycles. The van der Waals surface area contributed by atoms with Gasteiger partial charge in [-0.1, -0.05) is 13.8 Å². The van der Waals surface area contributed by atoms with Gasteiger partial charge in [0.1, 0.15) is 5.75 Å². The number of carbonyl (C=O) groups is 1. The van der Waals surface area contributed by atoms with Crippen LogP contribution in [-0.2, 0) is 24.3 Å². The first-order chi connectivity index (χ1) is 13.5. The highest BCUT2D eigenvalue weighted by Gasteiger charge is 2.33. The molecule has 6 heteroatoms. The number of phenolic OH excluding ortho intramolecular Hbond substituents is 1. The van der Waals surface area contributed by atoms with Gasteiger partial charge in [0.2, 0.25) is 5.91 Å². The van der Waals surface area contributed by atoms with Gasteiger partial charge < -0.3 is 15.0 Å². The van der Waals surface area contributed by atoms with Crippen molar-refractivity contribution in [3.05, 3.63) is 56.9 Å². The molecule has 1 amide bonds. The van der Waals surface area contributed by atoms with E-state index < -0.39 is 0 Å². The predicted octanol–water partition coefficient (Wildman–Crippen LogP) is 2.82. The van der Waals surface area contributed by atoms with Crippen LogP contribution in [0.5, 0.6) is 5.75 Å². The Balaban J connectivity index is 1.82. The third kappa shape index (κ3) is 2.17. The molecule has 2 aliphatic rings. The highest BCUT2D eigenvalue weighted by molar-refractivity contribution is 5.90. The molecule has 4 heterocycles. The number of carbonyl (C=O) groups excluding carboxylic acids is 1. The molecule has 1 atom stereocenters. The monoisotopic (exact) mass is 375 g/mol. The minimum absolute atomic E-state index is 0.0197. The first-order valence-corrected chi connectivity index (χ1v) is 9.72. The van der Waals surface area contributed by atoms with Crippen molar-refractivity contribution in [2.75, 3.05) is 0 Å². The summed E-state index contributed by atoms with van der Waals surface area (Å²) < 4.78 is 1.78. The molecular weight excluding hydrogens is 354 g/mol. The fourth-order valence-corrected chi connectivity index (χ4v) is 4.70. The Hall–Kier alpha value is -3.15. The Bertz CT molecular complexity index is 1230. The van der Waals surface area contributed by atoms with Crippen molar-refractivity contribution in [3.8, 4) is 17.1 Å². The number of rotatable bonds is 2. The van der Waals surface area contributed by atoms with Crippen LogP contribution >= 0.6 is 0 Å². The van der Waals surface area contributed by atoms with Gasteiger partial charge in [0.05, 0.1) is 29.4 Å². The fourth-order valence-electron chi connectivity index (χ4n) is 4.70. The minimum atomic E-state index is -0.297. The molecule has 2 N–H and O–H groups in total. The molecule has 3 aromatic rings. The summed E-state index contributed by atoms with van der Waals surface area (Å²) in [5.41, 5.74) is 6.02. The summed E-state index contributed by atoms with van der Waals surface area (Å²) in [6, 6.07) is 7.18. The second-order valence-electron chi connectivity index (χ2n) is 7.51. The molecule has 1 aromatic carbocycles. The van der Waals surface area contributed by atoms with Crippen LogP contribution in [0.3, 0.4) is 0 Å². The average molecular weight is 375 g/mol. The maximum absolute atomic E-state index is 13.2. The molecule has 2 aliphatic heterocycles. The number of phenols is 1. The van der Waals surface area contributed by atoms with E-state index >= 15 is 0 Å². The molecule has 0 saturated carbocycles. The molecule has 0 aliphatic carbocycles. The Morgan fingerprint density at radius 2 is 2.04 bits per heavy atom. The summed E-state index contributed by atoms with van der Waals surface area (Å²) in [6.07, 6.45) is 1.43. The van der Waals surface area contributed by atoms with E-state index in [0.717, 1.165) is 45.4 Å². The van der Waals surface area contributed by atoms with Crippen LogP contribution < -0.4 is 10.9 Å². The third-order valence-corrected chi connectivity index (χ3v) is 6.07. The van der Waals surface area contributed by atoms with Crippen molar-refractivity contribution in [1.82, 2.24) is 14.9 Å². The van der Waals surface area contributed by atoms with Crippen LogP contribution in [0.15, 0.2) is 29.1 Å². The first kappa shape index (κ1) is 17.0. The third-order valence-electron chi connectivity index (χ3n) is 6.07. The van der Waals surface area contributed by atoms with Gasteiger partial charge in [0.25, 0.3) is 5.56 Å². The number of nitrogens with one attached hydrogen (secondary N) is 1. The van der Waals surface area contributed by atoms with Gasteiger partial charge >= 0.3 is 0 Å². The van der Waals surface area contributed by atoms with Crippen LogP contribution in [0.2, 0.25) is 0 Å². The van der Waals surface area contributed by atoms with Gasteiger partial charge in [-0.3, -0.25) is 9.59 Å². The van der Waals surface area contributed by atoms with E-state index in [1.165, 1.54) is 0 Å². The Morgan fingerprint density at radius 1 is 1.21 bits per heavy atom. The van der Waals surface area contributed by atoms with Crippen molar-refractivity contribution >= 4 is 16.8 Å². The fraction of sp³-hybridized carbons (Fsp3) is 0.318. The molecular formula is C22H21N3O3. The Labute approximate surface area is 161 Å². The van der Waals surface area contributed by atoms with E-state index in [1.807, 2.05) is 19.1 Å². The molecule has 0 spiro atoms. The lowest BCUT2D eigenvalue weighted by Gasteiger charge is -2.25. The number of aromatic hydroxyl groups is 1. The van der Waals surface area contributed by atoms with E-state index in [-0.39, 0.29) is 29.7 Å². The molecule has 0 radical (unpaired) electrons. The van der Waals surface area contributed by atoms with Crippen LogP contribution in [0.4, 0.5) is 0 Å². The zero-order valence-electron chi connectivity index (χ0n) is 15.9. The summed E-state index contributed by atoms with van der Waals surface area (Å²) in [6.45, 7) is 4.80. The molecule has 0 unspecified atom stereocenters. The zero-order chi connectivity index (χ0) is 19.6. The lowest BCUT2D eigenvalue weighted by Crippen LogP contribution is -2.39. The second kappa shape index (κ2) is 5.92. The molecule has 2 aromatic heterocycles. The quantitative estimate of drug-likeness (QED) is 0.564. The van der Waals surface area contributed by atoms with Crippen LogP contribution in [0, 0.1) is 0 Å². The van der Waals surface area contributed by atoms with Crippen molar-refractivity contribution < 1.29 is 9.90 Å². The number of nitrogens with zero attached hydrogens (tertiary/aromatic N) is 2. The Kier molecular flexibility index (Phi) is 3.59. The van der Waals surface area contributed by atoms with E-state index in [2.05, 4.69) is 12.2 Å². The van der Waals surface area contributed by atoms with E-state index in [0.29, 0.717) is 18.5 Å². The van der Waals surface area contributed by atoms with Crippen LogP contribution in [-0.4, -0.2) is 20.6 Å². The molecule has 6 nitrogen and oxygen atoms in total. The smallest absolute Gasteiger partial charge is 0.256 e. The number of fused-ring (bicyclic) bond motifs is 5. The van der Waals surface area contributed by atoms with Gasteiger partial charge in [-0.15, -0.1) is 0 Å². The maximum Gasteiger partial charge on any atom is 0.256 e. The molecule has 28 heavy (non-hydrogen) atoms. The highest BCUT2D eigenvalue weighted by Crippen LogP contribution is 2.38. The second-order valence-corrected chi connectivity index (χ2v) is 7.51. The van der Waals surface area contributed by atoms with Gasteiger partial charge in [-0.25, -0.2) is 4.98 Å². The number of hydrogen-bond donors (Lipinski definition) is 2. The van der Waals surface area contributed by atoms with E-state index in [4.69, 9.17) is 4.98 Å². The summed E-state index contributed by atoms with van der Waals surface area (Å²) in [5.74, 6) is -0.106. The van der Waals surface area contributed by atoms with E-state index in [1.54, 1.807) is 16.7 Å². The summed E-state index contributed by atoms with van der Waals surface area (Å²) in [5, 5.41) is 13.7. The van der Waals surface area contributed by atoms with Crippen LogP contribution in [0.25, 0.3) is 22.3 Å². The SMILES string of the molecule is CCc1c2c(nc3ccc(O)cc13)-c1cc3c(c(=O)n1C2)CNC(=O)[C@@H]3CC. The normalized spacial score (nSPS) is 17.2. The molecule has 142 valence electrons. The number of hydrogen-bond acceptors (Lipinski definition) is 4. The highest BCUT2D eigenvalue weighted by atomic mass is 16.3. The van der Waals surface area contributed by atoms with Gasteiger partial charge in [-0.2, -0.15) is 0 Å². The first-order valence-electron chi connectivity index (χ1n) is 9.72. The number of pyridine rings is 2. The van der Waals surface area contributed by atoms with Crippen molar-refractivity contribution in [2.24, 2.45) is 0 Å².